The molecule has 0 radical (unpaired) electrons. The van der Waals surface area contributed by atoms with Crippen LogP contribution in [0.3, 0.4) is 0 Å². The Morgan fingerprint density at radius 1 is 0.575 bits per heavy atom. The van der Waals surface area contributed by atoms with Crippen molar-refractivity contribution in [1.29, 1.82) is 0 Å². The van der Waals surface area contributed by atoms with Crippen LogP contribution >= 0.6 is 0 Å². The Morgan fingerprint density at radius 2 is 1.02 bits per heavy atom. The maximum atomic E-state index is 5.91. The van der Waals surface area contributed by atoms with Crippen LogP contribution in [0, 0.1) is 0 Å². The van der Waals surface area contributed by atoms with Gasteiger partial charge in [-0.25, -0.2) is 0 Å². The third-order valence-corrected chi connectivity index (χ3v) is 7.12. The molecule has 40 heavy (non-hydrogen) atoms. The Hall–Kier alpha value is -3.27. The van der Waals surface area contributed by atoms with E-state index < -0.39 is 0 Å². The minimum Gasteiger partial charge on any atom is -0.494 e. The van der Waals surface area contributed by atoms with Gasteiger partial charge < -0.3 is 9.47 Å². The van der Waals surface area contributed by atoms with Gasteiger partial charge in [0.2, 0.25) is 0 Å². The monoisotopic (exact) mass is 542 g/mol. The van der Waals surface area contributed by atoms with Crippen molar-refractivity contribution in [2.45, 2.75) is 90.9 Å². The average molecular weight is 543 g/mol. The molecule has 0 fully saturated rings. The van der Waals surface area contributed by atoms with Gasteiger partial charge in [0.1, 0.15) is 11.5 Å². The Bertz CT molecular complexity index is 1130. The van der Waals surface area contributed by atoms with E-state index in [4.69, 9.17) is 9.47 Å². The number of aryl methyl sites for hydroxylation is 1. The molecule has 0 amide bonds. The molecule has 0 bridgehead atoms. The average Bonchev–Trinajstić information content (AvgIpc) is 3.34. The Labute approximate surface area is 243 Å². The number of hydrogen-bond acceptors (Lipinski definition) is 3. The fourth-order valence-corrected chi connectivity index (χ4v) is 4.60. The maximum absolute atomic E-state index is 5.91. The van der Waals surface area contributed by atoms with Crippen LogP contribution < -0.4 is 9.47 Å². The molecule has 1 aromatic heterocycles. The lowest BCUT2D eigenvalue weighted by Gasteiger charge is -2.06. The quantitative estimate of drug-likeness (QED) is 0.133. The predicted molar refractivity (Wildman–Crippen MR) is 172 cm³/mol. The lowest BCUT2D eigenvalue weighted by atomic mass is 10.1. The van der Waals surface area contributed by atoms with E-state index in [1.54, 1.807) is 0 Å². The second-order valence-electron chi connectivity index (χ2n) is 10.7. The van der Waals surface area contributed by atoms with Crippen LogP contribution in [0.5, 0.6) is 11.5 Å². The molecule has 0 aliphatic heterocycles. The van der Waals surface area contributed by atoms with E-state index >= 15 is 0 Å². The van der Waals surface area contributed by atoms with E-state index in [1.807, 2.05) is 23.9 Å². The van der Waals surface area contributed by atoms with Crippen LogP contribution in [0.15, 0.2) is 54.6 Å². The smallest absolute Gasteiger partial charge is 0.119 e. The van der Waals surface area contributed by atoms with Crippen LogP contribution in [0.2, 0.25) is 0 Å². The lowest BCUT2D eigenvalue weighted by molar-refractivity contribution is 0.304. The van der Waals surface area contributed by atoms with Gasteiger partial charge in [0.05, 0.1) is 24.6 Å². The molecule has 0 atom stereocenters. The van der Waals surface area contributed by atoms with Gasteiger partial charge in [0, 0.05) is 7.05 Å². The molecule has 1 heterocycles. The normalized spacial score (nSPS) is 11.6. The molecular formula is C36H50N2O2. The number of unbranched alkanes of at least 4 members (excludes halogenated alkanes) is 10. The van der Waals surface area contributed by atoms with Crippen molar-refractivity contribution in [3.05, 3.63) is 77.1 Å². The summed E-state index contributed by atoms with van der Waals surface area (Å²) in [6.07, 6.45) is 23.7. The molecule has 0 spiro atoms. The summed E-state index contributed by atoms with van der Waals surface area (Å²) in [4.78, 5) is 0. The molecule has 0 N–H and O–H groups in total. The minimum atomic E-state index is 0.794. The third kappa shape index (κ3) is 12.3. The fraction of sp³-hybridized carbons (Fsp3) is 0.472. The van der Waals surface area contributed by atoms with Crippen molar-refractivity contribution in [3.8, 4) is 11.5 Å². The molecular weight excluding hydrogens is 492 g/mol. The van der Waals surface area contributed by atoms with Crippen LogP contribution in [-0.2, 0) is 7.05 Å². The van der Waals surface area contributed by atoms with E-state index in [0.29, 0.717) is 0 Å². The molecule has 216 valence electrons. The Kier molecular flexibility index (Phi) is 14.8. The molecule has 0 aliphatic carbocycles. The molecule has 3 rings (SSSR count). The van der Waals surface area contributed by atoms with Gasteiger partial charge >= 0.3 is 0 Å². The van der Waals surface area contributed by atoms with E-state index in [-0.39, 0.29) is 0 Å². The number of benzene rings is 2. The van der Waals surface area contributed by atoms with Crippen LogP contribution in [0.25, 0.3) is 24.3 Å². The van der Waals surface area contributed by atoms with E-state index in [1.165, 1.54) is 64.2 Å². The molecule has 0 unspecified atom stereocenters. The van der Waals surface area contributed by atoms with E-state index in [9.17, 15) is 0 Å². The first kappa shape index (κ1) is 31.3. The summed E-state index contributed by atoms with van der Waals surface area (Å²) in [5, 5.41) is 4.65. The lowest BCUT2D eigenvalue weighted by Crippen LogP contribution is -1.97. The van der Waals surface area contributed by atoms with Crippen LogP contribution in [0.1, 0.15) is 113 Å². The van der Waals surface area contributed by atoms with Crippen molar-refractivity contribution in [2.75, 3.05) is 13.2 Å². The van der Waals surface area contributed by atoms with Gasteiger partial charge in [-0.2, -0.15) is 5.10 Å². The SMILES string of the molecule is CCCCCCCCOc1ccc(/C=C/c2cc(/C=C/c3ccc(OCCCCCCCC)cc3)n(C)n2)cc1. The minimum absolute atomic E-state index is 0.794. The van der Waals surface area contributed by atoms with Crippen LogP contribution in [-0.4, -0.2) is 23.0 Å². The van der Waals surface area contributed by atoms with Gasteiger partial charge in [-0.15, -0.1) is 0 Å². The summed E-state index contributed by atoms with van der Waals surface area (Å²) in [6.45, 7) is 6.10. The largest absolute Gasteiger partial charge is 0.494 e. The molecule has 2 aromatic carbocycles. The number of ether oxygens (including phenoxy) is 2. The standard InChI is InChI=1S/C36H50N2O2/c1-4-6-8-10-12-14-28-39-35-24-18-31(19-25-35)16-22-33-30-34(38(3)37-33)23-17-32-20-26-36(27-21-32)40-29-15-13-11-9-7-5-2/h16-27,30H,4-15,28-29H2,1-3H3/b22-16+,23-17+. The highest BCUT2D eigenvalue weighted by molar-refractivity contribution is 5.72. The molecule has 0 saturated heterocycles. The molecule has 0 saturated carbocycles. The van der Waals surface area contributed by atoms with Crippen molar-refractivity contribution in [3.63, 3.8) is 0 Å². The summed E-state index contributed by atoms with van der Waals surface area (Å²) in [6, 6.07) is 18.7. The number of hydrogen-bond donors (Lipinski definition) is 0. The number of aromatic nitrogens is 2. The maximum Gasteiger partial charge on any atom is 0.119 e. The molecule has 0 aliphatic rings. The molecule has 3 aromatic rings. The Balaban J connectivity index is 1.41. The first-order valence-electron chi connectivity index (χ1n) is 15.5. The first-order chi connectivity index (χ1) is 19.7. The topological polar surface area (TPSA) is 36.3 Å². The number of nitrogens with zero attached hydrogens (tertiary/aromatic N) is 2. The summed E-state index contributed by atoms with van der Waals surface area (Å²) in [7, 11) is 1.98. The second kappa shape index (κ2) is 18.9. The van der Waals surface area contributed by atoms with Crippen molar-refractivity contribution >= 4 is 24.3 Å². The van der Waals surface area contributed by atoms with Crippen LogP contribution in [0.4, 0.5) is 0 Å². The summed E-state index contributed by atoms with van der Waals surface area (Å²) in [5.41, 5.74) is 4.27. The highest BCUT2D eigenvalue weighted by atomic mass is 16.5. The van der Waals surface area contributed by atoms with E-state index in [2.05, 4.69) is 85.7 Å². The van der Waals surface area contributed by atoms with Gasteiger partial charge in [-0.1, -0.05) is 114 Å². The fourth-order valence-electron chi connectivity index (χ4n) is 4.60. The van der Waals surface area contributed by atoms with Gasteiger partial charge in [0.25, 0.3) is 0 Å². The predicted octanol–water partition coefficient (Wildman–Crippen LogP) is 10.2. The summed E-state index contributed by atoms with van der Waals surface area (Å²) in [5.74, 6) is 1.88. The first-order valence-corrected chi connectivity index (χ1v) is 15.5. The molecule has 4 nitrogen and oxygen atoms in total. The van der Waals surface area contributed by atoms with Crippen molar-refractivity contribution in [2.24, 2.45) is 7.05 Å². The zero-order valence-electron chi connectivity index (χ0n) is 25.1. The van der Waals surface area contributed by atoms with E-state index in [0.717, 1.165) is 60.1 Å². The van der Waals surface area contributed by atoms with Crippen molar-refractivity contribution in [1.82, 2.24) is 9.78 Å². The Morgan fingerprint density at radius 3 is 1.52 bits per heavy atom. The highest BCUT2D eigenvalue weighted by Gasteiger charge is 2.01. The zero-order valence-corrected chi connectivity index (χ0v) is 25.1. The zero-order chi connectivity index (χ0) is 28.3. The summed E-state index contributed by atoms with van der Waals surface area (Å²) < 4.78 is 13.7. The highest BCUT2D eigenvalue weighted by Crippen LogP contribution is 2.18. The van der Waals surface area contributed by atoms with Gasteiger partial charge in [-0.05, 0) is 66.5 Å². The van der Waals surface area contributed by atoms with Crippen molar-refractivity contribution < 1.29 is 9.47 Å². The van der Waals surface area contributed by atoms with Gasteiger partial charge in [-0.3, -0.25) is 4.68 Å². The third-order valence-electron chi connectivity index (χ3n) is 7.12. The van der Waals surface area contributed by atoms with Gasteiger partial charge in [0.15, 0.2) is 0 Å². The molecule has 4 heteroatoms. The second-order valence-corrected chi connectivity index (χ2v) is 10.7. The summed E-state index contributed by atoms with van der Waals surface area (Å²) >= 11 is 0. The number of rotatable bonds is 20.